The van der Waals surface area contributed by atoms with Crippen LogP contribution in [0.4, 0.5) is 0 Å². The summed E-state index contributed by atoms with van der Waals surface area (Å²) in [5.74, 6) is 0. The van der Waals surface area contributed by atoms with E-state index < -0.39 is 0 Å². The van der Waals surface area contributed by atoms with E-state index in [0.29, 0.717) is 0 Å². The molecule has 1 aliphatic heterocycles. The molecule has 4 heteroatoms. The summed E-state index contributed by atoms with van der Waals surface area (Å²) in [6.07, 6.45) is 5.76. The Kier molecular flexibility index (Phi) is 5.31. The van der Waals surface area contributed by atoms with Crippen LogP contribution in [0.3, 0.4) is 0 Å². The molecule has 1 unspecified atom stereocenters. The van der Waals surface area contributed by atoms with E-state index >= 15 is 0 Å². The zero-order valence-electron chi connectivity index (χ0n) is 11.6. The highest BCUT2D eigenvalue weighted by Crippen LogP contribution is 2.12. The Balaban J connectivity index is 1.81. The van der Waals surface area contributed by atoms with Crippen LogP contribution in [0.25, 0.3) is 0 Å². The van der Waals surface area contributed by atoms with Gasteiger partial charge in [-0.15, -0.1) is 0 Å². The van der Waals surface area contributed by atoms with Crippen LogP contribution in [0.2, 0.25) is 0 Å². The lowest BCUT2D eigenvalue weighted by Crippen LogP contribution is -2.49. The summed E-state index contributed by atoms with van der Waals surface area (Å²) in [6, 6.07) is 6.68. The molecule has 1 atom stereocenters. The number of nitriles is 1. The number of hydrogen-bond donors (Lipinski definition) is 0. The standard InChI is InChI=1S/C15H22N4/c1-2-3-15(12-16)19-10-8-18(9-11-19)13-14-4-6-17-7-5-14/h4-7,15H,2-3,8-11,13H2,1H3. The van der Waals surface area contributed by atoms with Gasteiger partial charge in [-0.2, -0.15) is 5.26 Å². The van der Waals surface area contributed by atoms with Crippen LogP contribution in [0.5, 0.6) is 0 Å². The second-order valence-electron chi connectivity index (χ2n) is 5.10. The maximum Gasteiger partial charge on any atom is 0.0978 e. The van der Waals surface area contributed by atoms with Gasteiger partial charge >= 0.3 is 0 Å². The van der Waals surface area contributed by atoms with E-state index in [2.05, 4.69) is 39.9 Å². The fourth-order valence-corrected chi connectivity index (χ4v) is 2.58. The summed E-state index contributed by atoms with van der Waals surface area (Å²) in [7, 11) is 0. The number of piperazine rings is 1. The second-order valence-corrected chi connectivity index (χ2v) is 5.10. The number of rotatable bonds is 5. The first-order chi connectivity index (χ1) is 9.33. The molecule has 0 bridgehead atoms. The summed E-state index contributed by atoms with van der Waals surface area (Å²) in [4.78, 5) is 8.82. The van der Waals surface area contributed by atoms with Gasteiger partial charge in [0.05, 0.1) is 12.1 Å². The van der Waals surface area contributed by atoms with Crippen molar-refractivity contribution in [2.75, 3.05) is 26.2 Å². The Morgan fingerprint density at radius 1 is 1.26 bits per heavy atom. The summed E-state index contributed by atoms with van der Waals surface area (Å²) < 4.78 is 0. The van der Waals surface area contributed by atoms with E-state index in [4.69, 9.17) is 0 Å². The molecule has 1 saturated heterocycles. The average molecular weight is 258 g/mol. The monoisotopic (exact) mass is 258 g/mol. The predicted molar refractivity (Wildman–Crippen MR) is 75.4 cm³/mol. The van der Waals surface area contributed by atoms with E-state index in [1.807, 2.05) is 12.4 Å². The molecule has 0 spiro atoms. The molecule has 0 N–H and O–H groups in total. The van der Waals surface area contributed by atoms with Crippen molar-refractivity contribution in [2.45, 2.75) is 32.4 Å². The van der Waals surface area contributed by atoms with Crippen LogP contribution < -0.4 is 0 Å². The van der Waals surface area contributed by atoms with Crippen molar-refractivity contribution in [3.05, 3.63) is 30.1 Å². The molecule has 1 fully saturated rings. The molecule has 2 rings (SSSR count). The first-order valence-corrected chi connectivity index (χ1v) is 7.08. The molecule has 1 aromatic heterocycles. The highest BCUT2D eigenvalue weighted by Gasteiger charge is 2.22. The van der Waals surface area contributed by atoms with E-state index in [0.717, 1.165) is 45.6 Å². The van der Waals surface area contributed by atoms with Gasteiger partial charge in [-0.1, -0.05) is 13.3 Å². The van der Waals surface area contributed by atoms with Gasteiger partial charge in [0.15, 0.2) is 0 Å². The van der Waals surface area contributed by atoms with Crippen molar-refractivity contribution < 1.29 is 0 Å². The summed E-state index contributed by atoms with van der Waals surface area (Å²) in [5, 5.41) is 9.20. The molecule has 0 radical (unpaired) electrons. The van der Waals surface area contributed by atoms with Gasteiger partial charge in [-0.25, -0.2) is 0 Å². The van der Waals surface area contributed by atoms with Gasteiger partial charge in [-0.05, 0) is 24.1 Å². The lowest BCUT2D eigenvalue weighted by Gasteiger charge is -2.36. The largest absolute Gasteiger partial charge is 0.297 e. The van der Waals surface area contributed by atoms with Gasteiger partial charge in [-0.3, -0.25) is 14.8 Å². The fourth-order valence-electron chi connectivity index (χ4n) is 2.58. The van der Waals surface area contributed by atoms with Crippen molar-refractivity contribution >= 4 is 0 Å². The van der Waals surface area contributed by atoms with Crippen LogP contribution in [0, 0.1) is 11.3 Å². The third-order valence-corrected chi connectivity index (χ3v) is 3.71. The van der Waals surface area contributed by atoms with Crippen molar-refractivity contribution in [1.29, 1.82) is 5.26 Å². The van der Waals surface area contributed by atoms with E-state index in [-0.39, 0.29) is 6.04 Å². The van der Waals surface area contributed by atoms with E-state index in [9.17, 15) is 5.26 Å². The minimum absolute atomic E-state index is 0.105. The topological polar surface area (TPSA) is 43.2 Å². The molecule has 4 nitrogen and oxygen atoms in total. The number of nitrogens with zero attached hydrogens (tertiary/aromatic N) is 4. The van der Waals surface area contributed by atoms with E-state index in [1.54, 1.807) is 0 Å². The molecule has 102 valence electrons. The number of pyridine rings is 1. The van der Waals surface area contributed by atoms with E-state index in [1.165, 1.54) is 5.56 Å². The van der Waals surface area contributed by atoms with Crippen LogP contribution in [-0.4, -0.2) is 47.0 Å². The molecular weight excluding hydrogens is 236 g/mol. The number of hydrogen-bond acceptors (Lipinski definition) is 4. The van der Waals surface area contributed by atoms with Crippen molar-refractivity contribution in [2.24, 2.45) is 0 Å². The van der Waals surface area contributed by atoms with Crippen molar-refractivity contribution in [3.8, 4) is 6.07 Å². The van der Waals surface area contributed by atoms with Crippen LogP contribution >= 0.6 is 0 Å². The van der Waals surface area contributed by atoms with Crippen LogP contribution in [0.1, 0.15) is 25.3 Å². The fraction of sp³-hybridized carbons (Fsp3) is 0.600. The minimum Gasteiger partial charge on any atom is -0.297 e. The third kappa shape index (κ3) is 4.02. The van der Waals surface area contributed by atoms with Crippen molar-refractivity contribution in [3.63, 3.8) is 0 Å². The zero-order valence-corrected chi connectivity index (χ0v) is 11.6. The smallest absolute Gasteiger partial charge is 0.0978 e. The van der Waals surface area contributed by atoms with Crippen molar-refractivity contribution in [1.82, 2.24) is 14.8 Å². The predicted octanol–water partition coefficient (Wildman–Crippen LogP) is 1.89. The molecule has 19 heavy (non-hydrogen) atoms. The summed E-state index contributed by atoms with van der Waals surface area (Å²) in [5.41, 5.74) is 1.31. The van der Waals surface area contributed by atoms with Gasteiger partial charge < -0.3 is 0 Å². The quantitative estimate of drug-likeness (QED) is 0.809. The zero-order chi connectivity index (χ0) is 13.5. The Morgan fingerprint density at radius 2 is 1.95 bits per heavy atom. The second kappa shape index (κ2) is 7.22. The number of aromatic nitrogens is 1. The SMILES string of the molecule is CCCC(C#N)N1CCN(Cc2ccncc2)CC1. The highest BCUT2D eigenvalue weighted by molar-refractivity contribution is 5.09. The molecule has 0 aliphatic carbocycles. The normalized spacial score (nSPS) is 18.9. The van der Waals surface area contributed by atoms with Gasteiger partial charge in [0, 0.05) is 45.1 Å². The molecule has 0 aromatic carbocycles. The molecule has 1 aliphatic rings. The molecule has 0 saturated carbocycles. The summed E-state index contributed by atoms with van der Waals surface area (Å²) >= 11 is 0. The lowest BCUT2D eigenvalue weighted by atomic mass is 10.1. The van der Waals surface area contributed by atoms with Gasteiger partial charge in [0.2, 0.25) is 0 Å². The average Bonchev–Trinajstić information content (AvgIpc) is 2.47. The molecule has 0 amide bonds. The van der Waals surface area contributed by atoms with Crippen LogP contribution in [0.15, 0.2) is 24.5 Å². The molecule has 2 heterocycles. The first kappa shape index (κ1) is 14.0. The minimum atomic E-state index is 0.105. The maximum atomic E-state index is 9.20. The molecular formula is C15H22N4. The van der Waals surface area contributed by atoms with Gasteiger partial charge in [0.25, 0.3) is 0 Å². The first-order valence-electron chi connectivity index (χ1n) is 7.08. The summed E-state index contributed by atoms with van der Waals surface area (Å²) in [6.45, 7) is 7.23. The highest BCUT2D eigenvalue weighted by atomic mass is 15.3. The van der Waals surface area contributed by atoms with Gasteiger partial charge in [0.1, 0.15) is 0 Å². The third-order valence-electron chi connectivity index (χ3n) is 3.71. The Morgan fingerprint density at radius 3 is 2.53 bits per heavy atom. The lowest BCUT2D eigenvalue weighted by molar-refractivity contribution is 0.106. The molecule has 1 aromatic rings. The Bertz CT molecular complexity index is 404. The maximum absolute atomic E-state index is 9.20. The van der Waals surface area contributed by atoms with Crippen LogP contribution in [-0.2, 0) is 6.54 Å². The Hall–Kier alpha value is -1.44. The Labute approximate surface area is 115 Å².